The van der Waals surface area contributed by atoms with E-state index >= 15 is 0 Å². The maximum Gasteiger partial charge on any atom is 0.360 e. The van der Waals surface area contributed by atoms with Crippen LogP contribution < -0.4 is 11.0 Å². The van der Waals surface area contributed by atoms with E-state index in [0.717, 1.165) is 19.6 Å². The highest BCUT2D eigenvalue weighted by Crippen LogP contribution is 2.18. The van der Waals surface area contributed by atoms with Crippen LogP contribution in [0, 0.1) is 5.92 Å². The lowest BCUT2D eigenvalue weighted by Gasteiger charge is -2.26. The Hall–Kier alpha value is -0.0951. The minimum Gasteiger partial charge on any atom is -0.427 e. The summed E-state index contributed by atoms with van der Waals surface area (Å²) in [6, 6.07) is 0.363. The summed E-state index contributed by atoms with van der Waals surface area (Å²) < 4.78 is 10.4. The van der Waals surface area contributed by atoms with Crippen LogP contribution in [0.15, 0.2) is 0 Å². The maximum absolute atomic E-state index is 5.67. The Morgan fingerprint density at radius 2 is 2.57 bits per heavy atom. The monoisotopic (exact) mass is 200 g/mol. The number of nitrogens with one attached hydrogen (secondary N) is 1. The predicted molar refractivity (Wildman–Crippen MR) is 58.3 cm³/mol. The molecule has 0 spiro atoms. The summed E-state index contributed by atoms with van der Waals surface area (Å²) in [5, 5.41) is 3.26. The lowest BCUT2D eigenvalue weighted by Crippen LogP contribution is -2.41. The third-order valence-corrected chi connectivity index (χ3v) is 2.67. The minimum absolute atomic E-state index is 0.363. The Bertz CT molecular complexity index is 143. The third kappa shape index (κ3) is 4.42. The first-order chi connectivity index (χ1) is 6.86. The summed E-state index contributed by atoms with van der Waals surface area (Å²) in [5.41, 5.74) is 5.67. The van der Waals surface area contributed by atoms with Crippen molar-refractivity contribution < 1.29 is 9.39 Å². The molecule has 1 fully saturated rings. The summed E-state index contributed by atoms with van der Waals surface area (Å²) >= 11 is 0. The van der Waals surface area contributed by atoms with E-state index < -0.39 is 0 Å². The molecule has 0 radical (unpaired) electrons. The standard InChI is InChI=1S/C9H21BN2O2/c1-13-10-12-9(6-11)5-8-3-2-4-14-7-8/h8-10,12H,2-7,11H2,1H3/t8-,9+/m1/s1. The van der Waals surface area contributed by atoms with Crippen LogP contribution in [-0.4, -0.2) is 40.5 Å². The molecule has 1 heterocycles. The lowest BCUT2D eigenvalue weighted by atomic mass is 9.93. The second-order valence-corrected chi connectivity index (χ2v) is 3.89. The van der Waals surface area contributed by atoms with Gasteiger partial charge in [0.15, 0.2) is 0 Å². The Kier molecular flexibility index (Phi) is 6.19. The first-order valence-corrected chi connectivity index (χ1v) is 5.37. The molecule has 0 aliphatic carbocycles. The summed E-state index contributed by atoms with van der Waals surface area (Å²) in [5.74, 6) is 0.668. The minimum atomic E-state index is 0.363. The molecule has 0 amide bonds. The average molecular weight is 200 g/mol. The molecule has 2 atom stereocenters. The van der Waals surface area contributed by atoms with Crippen molar-refractivity contribution in [3.8, 4) is 0 Å². The topological polar surface area (TPSA) is 56.5 Å². The van der Waals surface area contributed by atoms with Gasteiger partial charge in [-0.2, -0.15) is 0 Å². The van der Waals surface area contributed by atoms with Crippen molar-refractivity contribution >= 4 is 7.62 Å². The molecule has 5 heteroatoms. The summed E-state index contributed by atoms with van der Waals surface area (Å²) in [4.78, 5) is 0. The largest absolute Gasteiger partial charge is 0.427 e. The molecule has 0 aromatic rings. The highest BCUT2D eigenvalue weighted by atomic mass is 16.5. The van der Waals surface area contributed by atoms with E-state index in [9.17, 15) is 0 Å². The Morgan fingerprint density at radius 1 is 1.71 bits per heavy atom. The smallest absolute Gasteiger partial charge is 0.360 e. The van der Waals surface area contributed by atoms with E-state index in [-0.39, 0.29) is 0 Å². The van der Waals surface area contributed by atoms with Crippen LogP contribution >= 0.6 is 0 Å². The number of ether oxygens (including phenoxy) is 1. The second kappa shape index (κ2) is 7.23. The fraction of sp³-hybridized carbons (Fsp3) is 1.00. The van der Waals surface area contributed by atoms with Crippen molar-refractivity contribution in [2.75, 3.05) is 26.9 Å². The first-order valence-electron chi connectivity index (χ1n) is 5.37. The highest BCUT2D eigenvalue weighted by molar-refractivity contribution is 6.23. The van der Waals surface area contributed by atoms with Crippen molar-refractivity contribution in [1.29, 1.82) is 0 Å². The van der Waals surface area contributed by atoms with Gasteiger partial charge in [0.1, 0.15) is 0 Å². The van der Waals surface area contributed by atoms with Gasteiger partial charge in [0.2, 0.25) is 0 Å². The fourth-order valence-corrected chi connectivity index (χ4v) is 1.86. The van der Waals surface area contributed by atoms with Gasteiger partial charge in [-0.1, -0.05) is 0 Å². The molecule has 0 aromatic heterocycles. The van der Waals surface area contributed by atoms with Crippen LogP contribution in [-0.2, 0) is 9.39 Å². The molecule has 0 bridgehead atoms. The van der Waals surface area contributed by atoms with E-state index in [1.807, 2.05) is 0 Å². The maximum atomic E-state index is 5.67. The van der Waals surface area contributed by atoms with Gasteiger partial charge in [0.25, 0.3) is 0 Å². The van der Waals surface area contributed by atoms with E-state index in [1.165, 1.54) is 12.8 Å². The van der Waals surface area contributed by atoms with Crippen molar-refractivity contribution in [2.45, 2.75) is 25.3 Å². The number of rotatable bonds is 6. The Balaban J connectivity index is 2.16. The summed E-state index contributed by atoms with van der Waals surface area (Å²) in [7, 11) is 2.26. The van der Waals surface area contributed by atoms with Crippen molar-refractivity contribution in [2.24, 2.45) is 11.7 Å². The van der Waals surface area contributed by atoms with Crippen molar-refractivity contribution in [1.82, 2.24) is 5.23 Å². The predicted octanol–water partition coefficient (Wildman–Crippen LogP) is -0.367. The molecule has 1 saturated heterocycles. The molecule has 14 heavy (non-hydrogen) atoms. The third-order valence-electron chi connectivity index (χ3n) is 2.67. The zero-order chi connectivity index (χ0) is 10.2. The van der Waals surface area contributed by atoms with Gasteiger partial charge >= 0.3 is 7.62 Å². The highest BCUT2D eigenvalue weighted by Gasteiger charge is 2.18. The molecule has 1 aliphatic heterocycles. The fourth-order valence-electron chi connectivity index (χ4n) is 1.86. The van der Waals surface area contributed by atoms with Gasteiger partial charge in [-0.25, -0.2) is 0 Å². The molecule has 1 rings (SSSR count). The van der Waals surface area contributed by atoms with E-state index in [2.05, 4.69) is 5.23 Å². The number of hydrogen-bond donors (Lipinski definition) is 2. The van der Waals surface area contributed by atoms with Gasteiger partial charge in [0.05, 0.1) is 0 Å². The van der Waals surface area contributed by atoms with Crippen LogP contribution in [0.1, 0.15) is 19.3 Å². The second-order valence-electron chi connectivity index (χ2n) is 3.89. The first kappa shape index (κ1) is 12.0. The van der Waals surface area contributed by atoms with Gasteiger partial charge in [-0.15, -0.1) is 0 Å². The molecular formula is C9H21BN2O2. The average Bonchev–Trinajstić information content (AvgIpc) is 2.25. The van der Waals surface area contributed by atoms with Gasteiger partial charge < -0.3 is 20.4 Å². The van der Waals surface area contributed by atoms with Gasteiger partial charge in [0, 0.05) is 32.9 Å². The quantitative estimate of drug-likeness (QED) is 0.574. The van der Waals surface area contributed by atoms with Crippen LogP contribution in [0.25, 0.3) is 0 Å². The Morgan fingerprint density at radius 3 is 3.14 bits per heavy atom. The molecule has 4 nitrogen and oxygen atoms in total. The van der Waals surface area contributed by atoms with E-state index in [1.54, 1.807) is 7.11 Å². The van der Waals surface area contributed by atoms with Crippen LogP contribution in [0.5, 0.6) is 0 Å². The molecule has 82 valence electrons. The summed E-state index contributed by atoms with van der Waals surface area (Å²) in [6.07, 6.45) is 3.55. The van der Waals surface area contributed by atoms with E-state index in [4.69, 9.17) is 15.1 Å². The zero-order valence-electron chi connectivity index (χ0n) is 9.00. The molecule has 0 aromatic carbocycles. The van der Waals surface area contributed by atoms with Crippen LogP contribution in [0.3, 0.4) is 0 Å². The zero-order valence-corrected chi connectivity index (χ0v) is 9.00. The van der Waals surface area contributed by atoms with Gasteiger partial charge in [-0.3, -0.25) is 0 Å². The molecule has 1 aliphatic rings. The number of nitrogens with two attached hydrogens (primary N) is 1. The normalized spacial score (nSPS) is 24.6. The molecule has 0 saturated carbocycles. The lowest BCUT2D eigenvalue weighted by molar-refractivity contribution is 0.0486. The van der Waals surface area contributed by atoms with Gasteiger partial charge in [-0.05, 0) is 25.2 Å². The SMILES string of the molecule is COBN[C@H](CN)C[C@H]1CCCOC1. The molecular weight excluding hydrogens is 179 g/mol. The van der Waals surface area contributed by atoms with Crippen molar-refractivity contribution in [3.05, 3.63) is 0 Å². The molecule has 3 N–H and O–H groups in total. The Labute approximate surface area is 86.8 Å². The molecule has 0 unspecified atom stereocenters. The van der Waals surface area contributed by atoms with Crippen molar-refractivity contribution in [3.63, 3.8) is 0 Å². The van der Waals surface area contributed by atoms with E-state index in [0.29, 0.717) is 26.1 Å². The van der Waals surface area contributed by atoms with Crippen LogP contribution in [0.2, 0.25) is 0 Å². The summed E-state index contributed by atoms with van der Waals surface area (Å²) in [6.45, 7) is 2.49. The number of hydrogen-bond acceptors (Lipinski definition) is 4. The van der Waals surface area contributed by atoms with Crippen LogP contribution in [0.4, 0.5) is 0 Å².